The van der Waals surface area contributed by atoms with Crippen LogP contribution < -0.4 is 0 Å². The van der Waals surface area contributed by atoms with Gasteiger partial charge in [0.2, 0.25) is 0 Å². The topological polar surface area (TPSA) is 275 Å². The Balaban J connectivity index is 0.00000576. The normalized spacial score (nSPS) is 12.9. The van der Waals surface area contributed by atoms with E-state index in [2.05, 4.69) is 9.97 Å². The zero-order valence-corrected chi connectivity index (χ0v) is 37.0. The fourth-order valence-electron chi connectivity index (χ4n) is 7.59. The van der Waals surface area contributed by atoms with E-state index in [0.717, 1.165) is 0 Å². The molecule has 0 aliphatic carbocycles. The summed E-state index contributed by atoms with van der Waals surface area (Å²) in [5.74, 6) is 0. The van der Waals surface area contributed by atoms with E-state index >= 15 is 0 Å². The van der Waals surface area contributed by atoms with Crippen molar-refractivity contribution in [2.75, 3.05) is 0 Å². The molecule has 0 fully saturated rings. The third-order valence-corrected chi connectivity index (χ3v) is 14.0. The Hall–Kier alpha value is -6.39. The van der Waals surface area contributed by atoms with E-state index < -0.39 is 40.5 Å². The number of H-pyrrole nitrogens is 2. The van der Waals surface area contributed by atoms with Gasteiger partial charge in [-0.3, -0.25) is 18.2 Å². The first-order valence-corrected chi connectivity index (χ1v) is 24.5. The van der Waals surface area contributed by atoms with Crippen molar-refractivity contribution < 1.29 is 68.4 Å². The number of nitrogens with zero attached hydrogens (tertiary/aromatic N) is 2. The fourth-order valence-corrected chi connectivity index (χ4v) is 9.51. The van der Waals surface area contributed by atoms with Crippen LogP contribution in [0.2, 0.25) is 0 Å². The van der Waals surface area contributed by atoms with E-state index in [4.69, 9.17) is 9.97 Å². The maximum Gasteiger partial charge on any atom is 2.00 e. The minimum Gasteiger partial charge on any atom is -0.354 e. The molecule has 21 heteroatoms. The summed E-state index contributed by atoms with van der Waals surface area (Å²) < 4.78 is 135. The standard InChI is InChI=1S/C44H30N4O12S4.Ni/c49-61(50,51)29-9-1-25(2-10-29)41-33-17-19-35(45-33)42(26-3-11-30(12-4-26)62(52,53)54)37-21-23-39(47-37)44(28-7-15-32(16-8-28)64(58,59)60)40-24-22-38(48-40)43(36-20-18-34(41)46-36)27-5-13-31(14-6-27)63(55,56)57;/h1-24,45,48H,(H,49,50,51)(H,52,53,54)(H,55,56,57)(H,58,59,60);/q;+2. The summed E-state index contributed by atoms with van der Waals surface area (Å²) in [5, 5.41) is 0. The van der Waals surface area contributed by atoms with E-state index in [0.29, 0.717) is 89.4 Å². The van der Waals surface area contributed by atoms with Crippen molar-refractivity contribution in [1.82, 2.24) is 19.9 Å². The predicted octanol–water partition coefficient (Wildman–Crippen LogP) is 8.31. The Kier molecular flexibility index (Phi) is 11.5. The molecular weight excluding hydrogens is 963 g/mol. The number of hydrogen-bond donors (Lipinski definition) is 6. The summed E-state index contributed by atoms with van der Waals surface area (Å²) >= 11 is 0. The largest absolute Gasteiger partial charge is 2.00 e. The van der Waals surface area contributed by atoms with Crippen LogP contribution in [0.1, 0.15) is 22.8 Å². The van der Waals surface area contributed by atoms with Crippen LogP contribution in [0.25, 0.3) is 90.9 Å². The van der Waals surface area contributed by atoms with E-state index in [-0.39, 0.29) is 36.1 Å². The molecule has 8 bridgehead atoms. The first-order valence-electron chi connectivity index (χ1n) is 18.7. The fraction of sp³-hybridized carbons (Fsp3) is 0. The predicted molar refractivity (Wildman–Crippen MR) is 240 cm³/mol. The molecule has 0 unspecified atom stereocenters. The zero-order valence-electron chi connectivity index (χ0n) is 32.8. The minimum absolute atomic E-state index is 0. The van der Waals surface area contributed by atoms with Crippen LogP contribution in [0.4, 0.5) is 0 Å². The number of fused-ring (bicyclic) bond motifs is 8. The van der Waals surface area contributed by atoms with Crippen LogP contribution in [-0.4, -0.2) is 71.8 Å². The van der Waals surface area contributed by atoms with Crippen molar-refractivity contribution in [3.05, 3.63) is 144 Å². The van der Waals surface area contributed by atoms with Gasteiger partial charge in [-0.1, -0.05) is 48.5 Å². The first kappa shape index (κ1) is 45.2. The quantitative estimate of drug-likeness (QED) is 0.0617. The van der Waals surface area contributed by atoms with Gasteiger partial charge in [0.05, 0.1) is 42.4 Å². The average molecular weight is 994 g/mol. The van der Waals surface area contributed by atoms with Crippen molar-refractivity contribution >= 4 is 86.8 Å². The first-order chi connectivity index (χ1) is 30.2. The van der Waals surface area contributed by atoms with E-state index in [1.165, 1.54) is 97.1 Å². The van der Waals surface area contributed by atoms with Crippen molar-refractivity contribution in [3.63, 3.8) is 0 Å². The van der Waals surface area contributed by atoms with E-state index in [9.17, 15) is 51.9 Å². The van der Waals surface area contributed by atoms with Gasteiger partial charge in [0, 0.05) is 44.3 Å². The molecule has 9 rings (SSSR count). The second kappa shape index (κ2) is 16.6. The second-order valence-corrected chi connectivity index (χ2v) is 20.2. The Labute approximate surface area is 381 Å². The van der Waals surface area contributed by atoms with Crippen molar-refractivity contribution in [3.8, 4) is 44.5 Å². The molecule has 0 saturated carbocycles. The molecule has 5 heterocycles. The van der Waals surface area contributed by atoms with Gasteiger partial charge in [-0.05, 0) is 119 Å². The van der Waals surface area contributed by atoms with Crippen LogP contribution in [-0.2, 0) is 57.0 Å². The smallest absolute Gasteiger partial charge is 0.354 e. The van der Waals surface area contributed by atoms with Gasteiger partial charge in [0.1, 0.15) is 0 Å². The maximum atomic E-state index is 12.0. The molecule has 330 valence electrons. The van der Waals surface area contributed by atoms with Crippen molar-refractivity contribution in [2.24, 2.45) is 0 Å². The third-order valence-electron chi connectivity index (χ3n) is 10.5. The van der Waals surface area contributed by atoms with Gasteiger partial charge in [-0.2, -0.15) is 33.7 Å². The van der Waals surface area contributed by atoms with Crippen LogP contribution in [0.3, 0.4) is 0 Å². The summed E-state index contributed by atoms with van der Waals surface area (Å²) in [5.41, 5.74) is 7.41. The van der Waals surface area contributed by atoms with E-state index in [1.54, 1.807) is 48.6 Å². The summed E-state index contributed by atoms with van der Waals surface area (Å²) in [6.45, 7) is 0. The molecule has 16 nitrogen and oxygen atoms in total. The van der Waals surface area contributed by atoms with Crippen LogP contribution >= 0.6 is 0 Å². The van der Waals surface area contributed by atoms with Crippen molar-refractivity contribution in [1.29, 1.82) is 0 Å². The number of aromatic amines is 2. The molecule has 65 heavy (non-hydrogen) atoms. The van der Waals surface area contributed by atoms with Gasteiger partial charge in [0.15, 0.2) is 0 Å². The molecule has 0 spiro atoms. The molecule has 7 aromatic rings. The molecule has 0 amide bonds. The molecule has 2 aliphatic heterocycles. The Morgan fingerprint density at radius 2 is 0.492 bits per heavy atom. The van der Waals surface area contributed by atoms with Crippen LogP contribution in [0.5, 0.6) is 0 Å². The Bertz CT molecular complexity index is 3300. The number of hydrogen-bond acceptors (Lipinski definition) is 10. The second-order valence-electron chi connectivity index (χ2n) is 14.5. The number of rotatable bonds is 8. The van der Waals surface area contributed by atoms with Gasteiger partial charge in [-0.15, -0.1) is 0 Å². The van der Waals surface area contributed by atoms with Gasteiger partial charge in [0.25, 0.3) is 40.5 Å². The SMILES string of the molecule is O=S(=O)(O)c1ccc(-c2c3nc(c(-c4ccc(S(=O)(=O)O)cc4)c4ccc([nH]4)c(-c4ccc(S(=O)(=O)O)cc4)c4nc(c(-c5ccc(S(=O)(=O)O)cc5)c5ccc2[nH]5)C=C4)C=C3)cc1.[Ni+2]. The summed E-state index contributed by atoms with van der Waals surface area (Å²) in [7, 11) is -18.2. The van der Waals surface area contributed by atoms with Crippen LogP contribution in [0.15, 0.2) is 141 Å². The van der Waals surface area contributed by atoms with Crippen molar-refractivity contribution in [2.45, 2.75) is 19.6 Å². The average Bonchev–Trinajstić information content (AvgIpc) is 4.08. The number of aromatic nitrogens is 4. The molecule has 2 aliphatic rings. The third kappa shape index (κ3) is 8.89. The van der Waals surface area contributed by atoms with Gasteiger partial charge < -0.3 is 9.97 Å². The summed E-state index contributed by atoms with van der Waals surface area (Å²) in [4.78, 5) is 15.6. The molecule has 4 aromatic carbocycles. The number of benzene rings is 4. The maximum absolute atomic E-state index is 12.0. The summed E-state index contributed by atoms with van der Waals surface area (Å²) in [6.07, 6.45) is 6.92. The minimum atomic E-state index is -4.55. The van der Waals surface area contributed by atoms with Crippen LogP contribution in [0, 0.1) is 0 Å². The molecule has 6 N–H and O–H groups in total. The summed E-state index contributed by atoms with van der Waals surface area (Å²) in [6, 6.07) is 29.0. The van der Waals surface area contributed by atoms with E-state index in [1.807, 2.05) is 0 Å². The molecule has 0 saturated heterocycles. The van der Waals surface area contributed by atoms with Gasteiger partial charge in [-0.25, -0.2) is 9.97 Å². The monoisotopic (exact) mass is 992 g/mol. The molecule has 0 atom stereocenters. The zero-order chi connectivity index (χ0) is 45.3. The molecular formula is C44H30N4NiO12S4+2. The molecule has 3 aromatic heterocycles. The molecule has 0 radical (unpaired) electrons. The number of nitrogens with one attached hydrogen (secondary N) is 2. The van der Waals surface area contributed by atoms with Gasteiger partial charge >= 0.3 is 16.5 Å². The Morgan fingerprint density at radius 1 is 0.308 bits per heavy atom. The Morgan fingerprint density at radius 3 is 0.662 bits per heavy atom.